The topological polar surface area (TPSA) is 0 Å². The molecule has 0 saturated carbocycles. The summed E-state index contributed by atoms with van der Waals surface area (Å²) in [7, 11) is 0. The highest BCUT2D eigenvalue weighted by molar-refractivity contribution is 5.58. The molecule has 120 valence electrons. The van der Waals surface area contributed by atoms with E-state index in [4.69, 9.17) is 0 Å². The van der Waals surface area contributed by atoms with Crippen LogP contribution in [0.4, 0.5) is 0 Å². The largest absolute Gasteiger partial charge is 0.0801 e. The van der Waals surface area contributed by atoms with Gasteiger partial charge in [0, 0.05) is 0 Å². The van der Waals surface area contributed by atoms with E-state index in [1.165, 1.54) is 49.7 Å². The zero-order chi connectivity index (χ0) is 15.8. The SMILES string of the molecule is CCCCCCC(c1ccc2c(c1)C=CC=CC2)C(C)CC. The molecular weight excluding hydrogens is 264 g/mol. The van der Waals surface area contributed by atoms with E-state index in [-0.39, 0.29) is 0 Å². The van der Waals surface area contributed by atoms with Crippen molar-refractivity contribution in [1.29, 1.82) is 0 Å². The summed E-state index contributed by atoms with van der Waals surface area (Å²) >= 11 is 0. The van der Waals surface area contributed by atoms with Gasteiger partial charge >= 0.3 is 0 Å². The van der Waals surface area contributed by atoms with Gasteiger partial charge in [-0.05, 0) is 41.4 Å². The maximum atomic E-state index is 2.45. The average Bonchev–Trinajstić information content (AvgIpc) is 2.79. The summed E-state index contributed by atoms with van der Waals surface area (Å²) in [5, 5.41) is 0. The molecule has 2 atom stereocenters. The molecule has 0 spiro atoms. The number of hydrogen-bond donors (Lipinski definition) is 0. The molecule has 1 aromatic rings. The Morgan fingerprint density at radius 1 is 1.05 bits per heavy atom. The minimum atomic E-state index is 0.719. The number of unbranched alkanes of at least 4 members (excludes halogenated alkanes) is 3. The first-order valence-electron chi connectivity index (χ1n) is 9.22. The zero-order valence-electron chi connectivity index (χ0n) is 14.6. The molecule has 0 aromatic heterocycles. The molecule has 0 radical (unpaired) electrons. The number of fused-ring (bicyclic) bond motifs is 1. The van der Waals surface area contributed by atoms with Gasteiger partial charge in [-0.1, -0.05) is 95.4 Å². The van der Waals surface area contributed by atoms with E-state index in [1.54, 1.807) is 5.56 Å². The van der Waals surface area contributed by atoms with E-state index in [9.17, 15) is 0 Å². The first-order valence-corrected chi connectivity index (χ1v) is 9.22. The summed E-state index contributed by atoms with van der Waals surface area (Å²) in [6.45, 7) is 7.05. The maximum absolute atomic E-state index is 2.45. The van der Waals surface area contributed by atoms with Gasteiger partial charge in [-0.25, -0.2) is 0 Å². The first-order chi connectivity index (χ1) is 10.8. The van der Waals surface area contributed by atoms with Crippen molar-refractivity contribution in [1.82, 2.24) is 0 Å². The van der Waals surface area contributed by atoms with Gasteiger partial charge in [0.15, 0.2) is 0 Å². The van der Waals surface area contributed by atoms with Crippen molar-refractivity contribution >= 4 is 6.08 Å². The van der Waals surface area contributed by atoms with Crippen LogP contribution in [0.25, 0.3) is 6.08 Å². The second kappa shape index (κ2) is 8.98. The summed E-state index contributed by atoms with van der Waals surface area (Å²) in [5.41, 5.74) is 4.43. The van der Waals surface area contributed by atoms with Crippen molar-refractivity contribution in [3.8, 4) is 0 Å². The Morgan fingerprint density at radius 2 is 1.91 bits per heavy atom. The molecule has 22 heavy (non-hydrogen) atoms. The van der Waals surface area contributed by atoms with Gasteiger partial charge in [0.2, 0.25) is 0 Å². The Bertz CT molecular complexity index is 507. The monoisotopic (exact) mass is 296 g/mol. The van der Waals surface area contributed by atoms with E-state index in [0.717, 1.165) is 18.3 Å². The van der Waals surface area contributed by atoms with Crippen LogP contribution < -0.4 is 0 Å². The van der Waals surface area contributed by atoms with Crippen LogP contribution in [0.15, 0.2) is 36.4 Å². The standard InChI is InChI=1S/C22H32/c1-4-6-7-11-14-22(18(3)5-2)21-16-15-19-12-9-8-10-13-20(19)17-21/h8-10,13,15-18,22H,4-7,11-12,14H2,1-3H3. The molecule has 0 bridgehead atoms. The van der Waals surface area contributed by atoms with Gasteiger partial charge in [-0.3, -0.25) is 0 Å². The van der Waals surface area contributed by atoms with Crippen LogP contribution >= 0.6 is 0 Å². The Kier molecular flexibility index (Phi) is 6.96. The van der Waals surface area contributed by atoms with Crippen molar-refractivity contribution < 1.29 is 0 Å². The first kappa shape index (κ1) is 17.1. The second-order valence-corrected chi connectivity index (χ2v) is 6.79. The number of allylic oxidation sites excluding steroid dienone is 3. The van der Waals surface area contributed by atoms with Gasteiger partial charge in [0.1, 0.15) is 0 Å². The molecule has 2 unspecified atom stereocenters. The van der Waals surface area contributed by atoms with Gasteiger partial charge in [-0.15, -0.1) is 0 Å². The Morgan fingerprint density at radius 3 is 2.68 bits per heavy atom. The van der Waals surface area contributed by atoms with Crippen LogP contribution in [0, 0.1) is 5.92 Å². The van der Waals surface area contributed by atoms with Gasteiger partial charge in [0.05, 0.1) is 0 Å². The predicted octanol–water partition coefficient (Wildman–Crippen LogP) is 6.91. The van der Waals surface area contributed by atoms with Crippen molar-refractivity contribution in [2.45, 2.75) is 71.6 Å². The highest BCUT2D eigenvalue weighted by Gasteiger charge is 2.18. The maximum Gasteiger partial charge on any atom is -0.00884 e. The van der Waals surface area contributed by atoms with Gasteiger partial charge in [0.25, 0.3) is 0 Å². The van der Waals surface area contributed by atoms with Crippen LogP contribution in [-0.2, 0) is 6.42 Å². The Balaban J connectivity index is 2.14. The normalized spacial score (nSPS) is 16.1. The van der Waals surface area contributed by atoms with Crippen LogP contribution in [0.1, 0.15) is 81.9 Å². The second-order valence-electron chi connectivity index (χ2n) is 6.79. The van der Waals surface area contributed by atoms with E-state index in [0.29, 0.717) is 0 Å². The Hall–Kier alpha value is -1.30. The van der Waals surface area contributed by atoms with Crippen molar-refractivity contribution in [3.05, 3.63) is 53.1 Å². The summed E-state index contributed by atoms with van der Waals surface area (Å²) < 4.78 is 0. The molecule has 0 nitrogen and oxygen atoms in total. The molecule has 1 aliphatic rings. The molecule has 0 fully saturated rings. The summed E-state index contributed by atoms with van der Waals surface area (Å²) in [6.07, 6.45) is 18.0. The van der Waals surface area contributed by atoms with E-state index >= 15 is 0 Å². The van der Waals surface area contributed by atoms with Crippen molar-refractivity contribution in [2.75, 3.05) is 0 Å². The summed E-state index contributed by atoms with van der Waals surface area (Å²) in [6, 6.07) is 7.20. The summed E-state index contributed by atoms with van der Waals surface area (Å²) in [4.78, 5) is 0. The van der Waals surface area contributed by atoms with E-state index in [1.807, 2.05) is 0 Å². The fraction of sp³-hybridized carbons (Fsp3) is 0.545. The van der Waals surface area contributed by atoms with Crippen molar-refractivity contribution in [3.63, 3.8) is 0 Å². The third-order valence-corrected chi connectivity index (χ3v) is 5.16. The molecule has 0 heterocycles. The average molecular weight is 296 g/mol. The lowest BCUT2D eigenvalue weighted by Crippen LogP contribution is -2.10. The fourth-order valence-corrected chi connectivity index (χ4v) is 3.47. The molecule has 1 aliphatic carbocycles. The molecule has 0 saturated heterocycles. The molecule has 0 aliphatic heterocycles. The molecule has 0 N–H and O–H groups in total. The minimum absolute atomic E-state index is 0.719. The number of hydrogen-bond acceptors (Lipinski definition) is 0. The van der Waals surface area contributed by atoms with Crippen LogP contribution in [0.3, 0.4) is 0 Å². The van der Waals surface area contributed by atoms with Gasteiger partial charge < -0.3 is 0 Å². The molecule has 0 amide bonds. The predicted molar refractivity (Wildman–Crippen MR) is 99.3 cm³/mol. The molecule has 2 rings (SSSR count). The van der Waals surface area contributed by atoms with E-state index < -0.39 is 0 Å². The highest BCUT2D eigenvalue weighted by atomic mass is 14.2. The number of benzene rings is 1. The zero-order valence-corrected chi connectivity index (χ0v) is 14.6. The van der Waals surface area contributed by atoms with Crippen molar-refractivity contribution in [2.24, 2.45) is 5.92 Å². The Labute approximate surface area is 137 Å². The lowest BCUT2D eigenvalue weighted by Gasteiger charge is -2.24. The molecule has 0 heteroatoms. The highest BCUT2D eigenvalue weighted by Crippen LogP contribution is 2.33. The van der Waals surface area contributed by atoms with Crippen LogP contribution in [0.5, 0.6) is 0 Å². The smallest absolute Gasteiger partial charge is 0.00884 e. The lowest BCUT2D eigenvalue weighted by atomic mass is 9.81. The number of rotatable bonds is 8. The summed E-state index contributed by atoms with van der Waals surface area (Å²) in [5.74, 6) is 1.49. The fourth-order valence-electron chi connectivity index (χ4n) is 3.47. The third-order valence-electron chi connectivity index (χ3n) is 5.16. The van der Waals surface area contributed by atoms with Crippen LogP contribution in [-0.4, -0.2) is 0 Å². The lowest BCUT2D eigenvalue weighted by molar-refractivity contribution is 0.406. The quantitative estimate of drug-likeness (QED) is 0.457. The van der Waals surface area contributed by atoms with E-state index in [2.05, 4.69) is 63.3 Å². The van der Waals surface area contributed by atoms with Gasteiger partial charge in [-0.2, -0.15) is 0 Å². The molecular formula is C22H32. The third kappa shape index (κ3) is 4.60. The minimum Gasteiger partial charge on any atom is -0.0801 e. The molecule has 1 aromatic carbocycles. The van der Waals surface area contributed by atoms with Crippen LogP contribution in [0.2, 0.25) is 0 Å².